The third-order valence-electron chi connectivity index (χ3n) is 6.95. The molecule has 2 N–H and O–H groups in total. The molecule has 132 valence electrons. The highest BCUT2D eigenvalue weighted by atomic mass is 127. The number of phenols is 1. The minimum atomic E-state index is -0.725. The van der Waals surface area contributed by atoms with E-state index in [9.17, 15) is 10.2 Å². The zero-order valence-electron chi connectivity index (χ0n) is 14.0. The van der Waals surface area contributed by atoms with E-state index in [1.165, 1.54) is 18.4 Å². The Hall–Kier alpha value is -0.920. The molecule has 1 spiro atoms. The number of aliphatic hydroxyl groups is 1. The zero-order chi connectivity index (χ0) is 17.0. The van der Waals surface area contributed by atoms with E-state index in [0.29, 0.717) is 5.75 Å². The van der Waals surface area contributed by atoms with Crippen LogP contribution in [0.15, 0.2) is 24.3 Å². The quantitative estimate of drug-likeness (QED) is 0.536. The number of piperidine rings is 1. The van der Waals surface area contributed by atoms with E-state index in [4.69, 9.17) is 4.74 Å². The molecule has 2 bridgehead atoms. The summed E-state index contributed by atoms with van der Waals surface area (Å²) in [7, 11) is 0. The van der Waals surface area contributed by atoms with Gasteiger partial charge in [0.25, 0.3) is 0 Å². The maximum absolute atomic E-state index is 12.1. The molecule has 0 unspecified atom stereocenters. The summed E-state index contributed by atoms with van der Waals surface area (Å²) in [4.78, 5) is 2.56. The van der Waals surface area contributed by atoms with Crippen molar-refractivity contribution >= 4 is 24.7 Å². The highest BCUT2D eigenvalue weighted by Gasteiger charge is 2.71. The molecule has 1 aromatic carbocycles. The van der Waals surface area contributed by atoms with Gasteiger partial charge in [0.15, 0.2) is 11.5 Å². The van der Waals surface area contributed by atoms with Gasteiger partial charge in [-0.25, -0.2) is 0 Å². The Morgan fingerprint density at radius 1 is 1.36 bits per heavy atom. The summed E-state index contributed by atoms with van der Waals surface area (Å²) in [6.45, 7) is 6.38. The monoisotopic (exact) mass is 451 g/mol. The van der Waals surface area contributed by atoms with Gasteiger partial charge in [-0.1, -0.05) is 33.4 Å². The maximum Gasteiger partial charge on any atom is 0.166 e. The number of hydrogen-bond donors (Lipinski definition) is 2. The van der Waals surface area contributed by atoms with Crippen molar-refractivity contribution in [3.8, 4) is 11.5 Å². The number of alkyl halides is 1. The summed E-state index contributed by atoms with van der Waals surface area (Å²) in [5.41, 5.74) is 2.94. The summed E-state index contributed by atoms with van der Waals surface area (Å²) in [5, 5.41) is 22.5. The van der Waals surface area contributed by atoms with E-state index >= 15 is 0 Å². The molecule has 4 nitrogen and oxygen atoms in total. The maximum atomic E-state index is 12.1. The van der Waals surface area contributed by atoms with E-state index in [1.54, 1.807) is 6.07 Å². The number of likely N-dealkylation sites (tertiary alicyclic amines) is 1. The second-order valence-corrected chi connectivity index (χ2v) is 11.2. The molecular formula is C20H22INO3. The third kappa shape index (κ3) is 1.68. The summed E-state index contributed by atoms with van der Waals surface area (Å²) in [6.07, 6.45) is 4.21. The van der Waals surface area contributed by atoms with Crippen LogP contribution in [-0.2, 0) is 11.8 Å². The molecule has 2 fully saturated rings. The minimum Gasteiger partial charge on any atom is -0.504 e. The topological polar surface area (TPSA) is 52.9 Å². The van der Waals surface area contributed by atoms with Gasteiger partial charge in [0.05, 0.1) is 11.5 Å². The SMILES string of the molecule is C=C1C=I[C@@]2(O)[C@H]3Cc4ccc(O)c5c4[C@@]2(CCN3CC2CC2)[C@H]1O5. The van der Waals surface area contributed by atoms with Crippen LogP contribution >= 0.6 is 20.7 Å². The van der Waals surface area contributed by atoms with Gasteiger partial charge < -0.3 is 14.9 Å². The molecule has 5 heteroatoms. The van der Waals surface area contributed by atoms with Crippen molar-refractivity contribution in [1.29, 1.82) is 0 Å². The van der Waals surface area contributed by atoms with Gasteiger partial charge in [-0.2, -0.15) is 0 Å². The van der Waals surface area contributed by atoms with E-state index in [2.05, 4.69) is 15.5 Å². The smallest absolute Gasteiger partial charge is 0.166 e. The first-order chi connectivity index (χ1) is 12.0. The number of aromatic hydroxyl groups is 1. The lowest BCUT2D eigenvalue weighted by atomic mass is 9.59. The van der Waals surface area contributed by atoms with Gasteiger partial charge in [0.2, 0.25) is 0 Å². The van der Waals surface area contributed by atoms with E-state index in [-0.39, 0.29) is 17.9 Å². The summed E-state index contributed by atoms with van der Waals surface area (Å²) < 4.78 is 7.72. The van der Waals surface area contributed by atoms with Crippen LogP contribution in [-0.4, -0.2) is 48.0 Å². The van der Waals surface area contributed by atoms with Crippen LogP contribution in [0.3, 0.4) is 0 Å². The van der Waals surface area contributed by atoms with E-state index in [0.717, 1.165) is 43.0 Å². The lowest BCUT2D eigenvalue weighted by molar-refractivity contribution is -0.0893. The first-order valence-electron chi connectivity index (χ1n) is 9.19. The van der Waals surface area contributed by atoms with Crippen LogP contribution in [0.25, 0.3) is 0 Å². The minimum absolute atomic E-state index is 0.174. The van der Waals surface area contributed by atoms with Crippen LogP contribution in [0.4, 0.5) is 0 Å². The van der Waals surface area contributed by atoms with Gasteiger partial charge in [-0.15, -0.1) is 0 Å². The number of phenolic OH excluding ortho intramolecular Hbond substituents is 1. The third-order valence-corrected chi connectivity index (χ3v) is 10.7. The average Bonchev–Trinajstić information content (AvgIpc) is 3.32. The first-order valence-corrected chi connectivity index (χ1v) is 11.5. The molecule has 0 radical (unpaired) electrons. The Morgan fingerprint density at radius 2 is 2.20 bits per heavy atom. The molecular weight excluding hydrogens is 429 g/mol. The summed E-state index contributed by atoms with van der Waals surface area (Å²) >= 11 is -0.550. The second kappa shape index (κ2) is 4.67. The van der Waals surface area contributed by atoms with Gasteiger partial charge in [0.1, 0.15) is 9.71 Å². The molecule has 0 amide bonds. The Kier molecular flexibility index (Phi) is 2.83. The molecule has 0 aromatic heterocycles. The van der Waals surface area contributed by atoms with Crippen molar-refractivity contribution in [1.82, 2.24) is 4.90 Å². The predicted molar refractivity (Wildman–Crippen MR) is 105 cm³/mol. The number of rotatable bonds is 2. The van der Waals surface area contributed by atoms with Crippen molar-refractivity contribution < 1.29 is 14.9 Å². The zero-order valence-corrected chi connectivity index (χ0v) is 16.2. The average molecular weight is 451 g/mol. The van der Waals surface area contributed by atoms with Gasteiger partial charge in [0, 0.05) is 12.1 Å². The fourth-order valence-corrected chi connectivity index (χ4v) is 9.25. The molecule has 4 atom stereocenters. The number of hydrogen-bond acceptors (Lipinski definition) is 4. The summed E-state index contributed by atoms with van der Waals surface area (Å²) in [6, 6.07) is 3.98. The van der Waals surface area contributed by atoms with Crippen LogP contribution in [0.2, 0.25) is 0 Å². The Balaban J connectivity index is 1.60. The number of benzene rings is 1. The van der Waals surface area contributed by atoms with Gasteiger partial charge in [-0.3, -0.25) is 4.90 Å². The lowest BCUT2D eigenvalue weighted by Gasteiger charge is -2.60. The van der Waals surface area contributed by atoms with Crippen LogP contribution in [0.5, 0.6) is 11.5 Å². The van der Waals surface area contributed by atoms with Gasteiger partial charge in [-0.05, 0) is 59.4 Å². The molecule has 2 aliphatic carbocycles. The van der Waals surface area contributed by atoms with Crippen molar-refractivity contribution in [2.24, 2.45) is 5.92 Å². The van der Waals surface area contributed by atoms with E-state index in [1.807, 2.05) is 6.07 Å². The molecule has 5 aliphatic rings. The second-order valence-electron chi connectivity index (χ2n) is 8.29. The normalized spacial score (nSPS) is 41.1. The largest absolute Gasteiger partial charge is 0.504 e. The highest BCUT2D eigenvalue weighted by Crippen LogP contribution is 2.67. The molecule has 3 heterocycles. The molecule has 1 aromatic rings. The number of ether oxygens (including phenoxy) is 1. The van der Waals surface area contributed by atoms with Gasteiger partial charge >= 0.3 is 0 Å². The Morgan fingerprint density at radius 3 is 3.00 bits per heavy atom. The fourth-order valence-electron chi connectivity index (χ4n) is 5.64. The lowest BCUT2D eigenvalue weighted by Crippen LogP contribution is -2.72. The van der Waals surface area contributed by atoms with Crippen LogP contribution in [0, 0.1) is 5.92 Å². The first kappa shape index (κ1) is 15.2. The predicted octanol–water partition coefficient (Wildman–Crippen LogP) is 2.46. The Bertz CT molecular complexity index is 848. The standard InChI is InChI=1S/C20H22INO3/c1-11-9-21-20(24)15-8-13-4-5-14(23)17-16(13)19(20,18(11)25-17)6-7-22(15)10-12-2-3-12/h4-5,9,12,15,18,23-24H,1-3,6-8,10H2/t15-,18+,19+,20-/m1/s1. The molecule has 3 aliphatic heterocycles. The fraction of sp³-hybridized carbons (Fsp3) is 0.550. The van der Waals surface area contributed by atoms with Crippen LogP contribution < -0.4 is 4.74 Å². The van der Waals surface area contributed by atoms with Crippen molar-refractivity contribution in [2.45, 2.75) is 46.9 Å². The van der Waals surface area contributed by atoms with E-state index < -0.39 is 29.8 Å². The highest BCUT2D eigenvalue weighted by molar-refractivity contribution is 14.2. The van der Waals surface area contributed by atoms with Crippen molar-refractivity contribution in [3.63, 3.8) is 0 Å². The molecule has 6 rings (SSSR count). The molecule has 25 heavy (non-hydrogen) atoms. The van der Waals surface area contributed by atoms with Crippen LogP contribution in [0.1, 0.15) is 30.4 Å². The number of halogens is 1. The number of nitrogens with zero attached hydrogens (tertiary/aromatic N) is 1. The van der Waals surface area contributed by atoms with Crippen molar-refractivity contribution in [2.75, 3.05) is 13.1 Å². The molecule has 1 saturated heterocycles. The van der Waals surface area contributed by atoms with Crippen molar-refractivity contribution in [3.05, 3.63) is 35.4 Å². The summed E-state index contributed by atoms with van der Waals surface area (Å²) in [5.74, 6) is 1.64. The Labute approximate surface area is 157 Å². The molecule has 1 saturated carbocycles.